The summed E-state index contributed by atoms with van der Waals surface area (Å²) in [5.74, 6) is -0.739. The van der Waals surface area contributed by atoms with Gasteiger partial charge in [0.25, 0.3) is 5.91 Å². The summed E-state index contributed by atoms with van der Waals surface area (Å²) in [6.07, 6.45) is 0. The van der Waals surface area contributed by atoms with Crippen LogP contribution in [0.2, 0.25) is 10.0 Å². The third-order valence-corrected chi connectivity index (χ3v) is 4.31. The van der Waals surface area contributed by atoms with Gasteiger partial charge in [-0.15, -0.1) is 11.3 Å². The molecule has 0 bridgehead atoms. The van der Waals surface area contributed by atoms with E-state index in [0.29, 0.717) is 32.1 Å². The molecule has 0 spiro atoms. The van der Waals surface area contributed by atoms with Crippen molar-refractivity contribution < 1.29 is 14.3 Å². The first kappa shape index (κ1) is 16.8. The highest BCUT2D eigenvalue weighted by Crippen LogP contribution is 2.28. The highest BCUT2D eigenvalue weighted by molar-refractivity contribution is 7.18. The van der Waals surface area contributed by atoms with E-state index < -0.39 is 5.97 Å². The zero-order chi connectivity index (χ0) is 16.3. The summed E-state index contributed by atoms with van der Waals surface area (Å²) in [4.78, 5) is 24.4. The Morgan fingerprint density at radius 1 is 1.18 bits per heavy atom. The Bertz CT molecular complexity index is 707. The summed E-state index contributed by atoms with van der Waals surface area (Å²) in [7, 11) is 0. The molecule has 1 N–H and O–H groups in total. The molecule has 2 aromatic rings. The number of carbonyl (C=O) groups is 2. The van der Waals surface area contributed by atoms with Crippen LogP contribution in [-0.2, 0) is 4.74 Å². The van der Waals surface area contributed by atoms with Crippen molar-refractivity contribution in [2.24, 2.45) is 0 Å². The van der Waals surface area contributed by atoms with Gasteiger partial charge < -0.3 is 10.1 Å². The number of hydrogen-bond acceptors (Lipinski definition) is 4. The van der Waals surface area contributed by atoms with Crippen LogP contribution in [0.4, 0.5) is 5.00 Å². The minimum Gasteiger partial charge on any atom is -0.462 e. The molecular weight excluding hydrogens is 345 g/mol. The maximum atomic E-state index is 12.2. The zero-order valence-electron chi connectivity index (χ0n) is 11.9. The molecule has 0 saturated carbocycles. The summed E-state index contributed by atoms with van der Waals surface area (Å²) in [6, 6.07) is 6.32. The molecule has 2 rings (SSSR count). The van der Waals surface area contributed by atoms with Crippen LogP contribution in [0.15, 0.2) is 24.3 Å². The third-order valence-electron chi connectivity index (χ3n) is 2.74. The Morgan fingerprint density at radius 2 is 1.82 bits per heavy atom. The van der Waals surface area contributed by atoms with Crippen LogP contribution in [0, 0.1) is 6.92 Å². The molecule has 0 saturated heterocycles. The van der Waals surface area contributed by atoms with E-state index in [1.54, 1.807) is 26.0 Å². The van der Waals surface area contributed by atoms with Crippen molar-refractivity contribution in [2.45, 2.75) is 13.8 Å². The number of rotatable bonds is 4. The van der Waals surface area contributed by atoms with Crippen LogP contribution in [0.3, 0.4) is 0 Å². The van der Waals surface area contributed by atoms with Gasteiger partial charge in [0.15, 0.2) is 0 Å². The predicted molar refractivity (Wildman–Crippen MR) is 89.4 cm³/mol. The lowest BCUT2D eigenvalue weighted by molar-refractivity contribution is 0.0531. The standard InChI is InChI=1S/C15H13Cl2NO3S/c1-3-21-15(20)13-8(2)4-12(22-13)18-14(19)9-5-10(16)7-11(17)6-9/h4-7H,3H2,1-2H3,(H,18,19). The second kappa shape index (κ2) is 7.13. The predicted octanol–water partition coefficient (Wildman–Crippen LogP) is 4.79. The van der Waals surface area contributed by atoms with Gasteiger partial charge in [0.05, 0.1) is 11.6 Å². The van der Waals surface area contributed by atoms with E-state index >= 15 is 0 Å². The summed E-state index contributed by atoms with van der Waals surface area (Å²) in [5.41, 5.74) is 1.10. The number of carbonyl (C=O) groups excluding carboxylic acids is 2. The van der Waals surface area contributed by atoms with Crippen LogP contribution >= 0.6 is 34.5 Å². The zero-order valence-corrected chi connectivity index (χ0v) is 14.2. The molecule has 0 radical (unpaired) electrons. The number of aryl methyl sites for hydroxylation is 1. The van der Waals surface area contributed by atoms with Crippen molar-refractivity contribution in [3.63, 3.8) is 0 Å². The smallest absolute Gasteiger partial charge is 0.348 e. The SMILES string of the molecule is CCOC(=O)c1sc(NC(=O)c2cc(Cl)cc(Cl)c2)cc1C. The first-order chi connectivity index (χ1) is 10.4. The van der Waals surface area contributed by atoms with Gasteiger partial charge in [-0.25, -0.2) is 4.79 Å². The van der Waals surface area contributed by atoms with Gasteiger partial charge in [0, 0.05) is 15.6 Å². The Morgan fingerprint density at radius 3 is 2.41 bits per heavy atom. The Hall–Kier alpha value is -1.56. The molecule has 0 atom stereocenters. The molecule has 1 amide bonds. The van der Waals surface area contributed by atoms with Crippen LogP contribution in [0.5, 0.6) is 0 Å². The molecular formula is C15H13Cl2NO3S. The Balaban J connectivity index is 2.18. The fourth-order valence-corrected chi connectivity index (χ4v) is 3.30. The van der Waals surface area contributed by atoms with Crippen LogP contribution in [0.25, 0.3) is 0 Å². The maximum absolute atomic E-state index is 12.2. The molecule has 0 fully saturated rings. The van der Waals surface area contributed by atoms with Crippen molar-refractivity contribution in [3.8, 4) is 0 Å². The van der Waals surface area contributed by atoms with Crippen molar-refractivity contribution >= 4 is 51.4 Å². The normalized spacial score (nSPS) is 10.4. The Labute approximate surface area is 142 Å². The van der Waals surface area contributed by atoms with Crippen molar-refractivity contribution in [3.05, 3.63) is 50.3 Å². The van der Waals surface area contributed by atoms with E-state index in [1.165, 1.54) is 23.5 Å². The number of thiophene rings is 1. The lowest BCUT2D eigenvalue weighted by Crippen LogP contribution is -2.10. The molecule has 1 aromatic carbocycles. The molecule has 0 aliphatic carbocycles. The van der Waals surface area contributed by atoms with E-state index in [4.69, 9.17) is 27.9 Å². The number of esters is 1. The lowest BCUT2D eigenvalue weighted by Gasteiger charge is -2.04. The fraction of sp³-hybridized carbons (Fsp3) is 0.200. The van der Waals surface area contributed by atoms with Gasteiger partial charge in [-0.3, -0.25) is 4.79 Å². The summed E-state index contributed by atoms with van der Waals surface area (Å²) < 4.78 is 4.97. The van der Waals surface area contributed by atoms with Gasteiger partial charge in [0.2, 0.25) is 0 Å². The average Bonchev–Trinajstić information content (AvgIpc) is 2.78. The van der Waals surface area contributed by atoms with Gasteiger partial charge in [-0.2, -0.15) is 0 Å². The van der Waals surface area contributed by atoms with Gasteiger partial charge in [0.1, 0.15) is 4.88 Å². The number of halogens is 2. The molecule has 7 heteroatoms. The quantitative estimate of drug-likeness (QED) is 0.800. The van der Waals surface area contributed by atoms with Crippen LogP contribution in [-0.4, -0.2) is 18.5 Å². The van der Waals surface area contributed by atoms with E-state index in [-0.39, 0.29) is 5.91 Å². The average molecular weight is 358 g/mol. The first-order valence-corrected chi connectivity index (χ1v) is 8.03. The summed E-state index contributed by atoms with van der Waals surface area (Å²) in [6.45, 7) is 3.83. The van der Waals surface area contributed by atoms with Crippen molar-refractivity contribution in [1.82, 2.24) is 0 Å². The van der Waals surface area contributed by atoms with Crippen LogP contribution < -0.4 is 5.32 Å². The highest BCUT2D eigenvalue weighted by atomic mass is 35.5. The molecule has 4 nitrogen and oxygen atoms in total. The van der Waals surface area contributed by atoms with E-state index in [9.17, 15) is 9.59 Å². The number of benzene rings is 1. The minimum absolute atomic E-state index is 0.304. The second-order valence-electron chi connectivity index (χ2n) is 4.46. The number of nitrogens with one attached hydrogen (secondary N) is 1. The van der Waals surface area contributed by atoms with Crippen molar-refractivity contribution in [2.75, 3.05) is 11.9 Å². The third kappa shape index (κ3) is 4.00. The second-order valence-corrected chi connectivity index (χ2v) is 6.38. The van der Waals surface area contributed by atoms with Gasteiger partial charge in [-0.05, 0) is 43.7 Å². The molecule has 0 aliphatic heterocycles. The number of anilines is 1. The summed E-state index contributed by atoms with van der Waals surface area (Å²) >= 11 is 12.9. The number of amides is 1. The van der Waals surface area contributed by atoms with Crippen LogP contribution in [0.1, 0.15) is 32.5 Å². The molecule has 0 unspecified atom stereocenters. The monoisotopic (exact) mass is 357 g/mol. The minimum atomic E-state index is -0.392. The lowest BCUT2D eigenvalue weighted by atomic mass is 10.2. The number of hydrogen-bond donors (Lipinski definition) is 1. The topological polar surface area (TPSA) is 55.4 Å². The van der Waals surface area contributed by atoms with E-state index in [2.05, 4.69) is 5.32 Å². The molecule has 1 heterocycles. The maximum Gasteiger partial charge on any atom is 0.348 e. The Kier molecular flexibility index (Phi) is 5.45. The largest absolute Gasteiger partial charge is 0.462 e. The van der Waals surface area contributed by atoms with Gasteiger partial charge >= 0.3 is 5.97 Å². The highest BCUT2D eigenvalue weighted by Gasteiger charge is 2.16. The van der Waals surface area contributed by atoms with E-state index in [0.717, 1.165) is 5.56 Å². The summed E-state index contributed by atoms with van der Waals surface area (Å²) in [5, 5.41) is 4.05. The van der Waals surface area contributed by atoms with E-state index in [1.807, 2.05) is 0 Å². The molecule has 22 heavy (non-hydrogen) atoms. The van der Waals surface area contributed by atoms with Crippen molar-refractivity contribution in [1.29, 1.82) is 0 Å². The van der Waals surface area contributed by atoms with Gasteiger partial charge in [-0.1, -0.05) is 23.2 Å². The molecule has 116 valence electrons. The first-order valence-electron chi connectivity index (χ1n) is 6.45. The molecule has 1 aromatic heterocycles. The fourth-order valence-electron chi connectivity index (χ4n) is 1.81. The number of ether oxygens (including phenoxy) is 1. The molecule has 0 aliphatic rings.